The summed E-state index contributed by atoms with van der Waals surface area (Å²) >= 11 is 0. The quantitative estimate of drug-likeness (QED) is 0.760. The number of nitrogens with zero attached hydrogens (tertiary/aromatic N) is 1. The summed E-state index contributed by atoms with van der Waals surface area (Å²) in [6, 6.07) is 21.6. The first-order chi connectivity index (χ1) is 10.3. The maximum atomic E-state index is 4.94. The van der Waals surface area contributed by atoms with Gasteiger partial charge in [-0.05, 0) is 30.4 Å². The zero-order valence-corrected chi connectivity index (χ0v) is 12.8. The van der Waals surface area contributed by atoms with Gasteiger partial charge >= 0.3 is 0 Å². The zero-order valence-electron chi connectivity index (χ0n) is 12.8. The van der Waals surface area contributed by atoms with Gasteiger partial charge in [0.2, 0.25) is 0 Å². The van der Waals surface area contributed by atoms with Gasteiger partial charge in [0.05, 0.1) is 0 Å². The first kappa shape index (κ1) is 14.1. The monoisotopic (exact) mass is 277 g/mol. The third-order valence-corrected chi connectivity index (χ3v) is 4.81. The molecule has 0 aliphatic carbocycles. The summed E-state index contributed by atoms with van der Waals surface area (Å²) in [5.74, 6) is 0. The molecule has 0 saturated carbocycles. The van der Waals surface area contributed by atoms with E-state index in [1.165, 1.54) is 29.7 Å². The Balaban J connectivity index is 1.76. The molecule has 21 heavy (non-hydrogen) atoms. The number of rotatable bonds is 4. The Morgan fingerprint density at radius 2 is 1.62 bits per heavy atom. The molecular weight excluding hydrogens is 254 g/mol. The third kappa shape index (κ3) is 3.07. The van der Waals surface area contributed by atoms with Gasteiger partial charge in [0, 0.05) is 24.1 Å². The topological polar surface area (TPSA) is 12.4 Å². The maximum absolute atomic E-state index is 4.94. The largest absolute Gasteiger partial charge is 0.293 e. The molecule has 0 bridgehead atoms. The molecule has 1 nitrogen and oxygen atoms in total. The minimum Gasteiger partial charge on any atom is -0.293 e. The van der Waals surface area contributed by atoms with E-state index in [-0.39, 0.29) is 5.41 Å². The molecule has 0 amide bonds. The highest BCUT2D eigenvalue weighted by Gasteiger charge is 2.32. The zero-order chi connectivity index (χ0) is 14.5. The van der Waals surface area contributed by atoms with Crippen molar-refractivity contribution in [2.45, 2.75) is 38.0 Å². The molecule has 0 fully saturated rings. The lowest BCUT2D eigenvalue weighted by molar-refractivity contribution is 0.383. The molecule has 3 rings (SSSR count). The Kier molecular flexibility index (Phi) is 4.19. The fourth-order valence-electron chi connectivity index (χ4n) is 3.30. The second-order valence-electron chi connectivity index (χ2n) is 6.04. The van der Waals surface area contributed by atoms with Crippen LogP contribution in [0.2, 0.25) is 0 Å². The standard InChI is InChI=1S/C20H23N/c1-2-20(18-11-7-4-8-12-18)14-13-19(21-16-20)15-17-9-5-3-6-10-17/h3-12H,2,13-16H2,1H3. The van der Waals surface area contributed by atoms with Crippen LogP contribution in [0, 0.1) is 0 Å². The molecule has 1 atom stereocenters. The smallest absolute Gasteiger partial charge is 0.0485 e. The lowest BCUT2D eigenvalue weighted by Crippen LogP contribution is -2.34. The number of hydrogen-bond acceptors (Lipinski definition) is 1. The molecular formula is C20H23N. The second kappa shape index (κ2) is 6.26. The van der Waals surface area contributed by atoms with Gasteiger partial charge in [-0.25, -0.2) is 0 Å². The van der Waals surface area contributed by atoms with E-state index < -0.39 is 0 Å². The molecule has 2 aromatic carbocycles. The number of benzene rings is 2. The number of hydrogen-bond donors (Lipinski definition) is 0. The van der Waals surface area contributed by atoms with Crippen molar-refractivity contribution in [1.82, 2.24) is 0 Å². The van der Waals surface area contributed by atoms with Gasteiger partial charge in [0.15, 0.2) is 0 Å². The van der Waals surface area contributed by atoms with Crippen LogP contribution in [0.5, 0.6) is 0 Å². The van der Waals surface area contributed by atoms with Crippen molar-refractivity contribution in [1.29, 1.82) is 0 Å². The molecule has 108 valence electrons. The van der Waals surface area contributed by atoms with E-state index in [2.05, 4.69) is 67.6 Å². The molecule has 1 unspecified atom stereocenters. The van der Waals surface area contributed by atoms with Crippen LogP contribution >= 0.6 is 0 Å². The Labute approximate surface area is 127 Å². The van der Waals surface area contributed by atoms with Crippen molar-refractivity contribution in [3.63, 3.8) is 0 Å². The summed E-state index contributed by atoms with van der Waals surface area (Å²) in [5, 5.41) is 0. The Hall–Kier alpha value is -1.89. The summed E-state index contributed by atoms with van der Waals surface area (Å²) in [6.45, 7) is 3.24. The molecule has 0 saturated heterocycles. The van der Waals surface area contributed by atoms with Gasteiger partial charge in [-0.2, -0.15) is 0 Å². The van der Waals surface area contributed by atoms with Gasteiger partial charge < -0.3 is 0 Å². The van der Waals surface area contributed by atoms with E-state index in [0.29, 0.717) is 0 Å². The summed E-state index contributed by atoms with van der Waals surface area (Å²) < 4.78 is 0. The van der Waals surface area contributed by atoms with E-state index in [1.807, 2.05) is 0 Å². The minimum absolute atomic E-state index is 0.251. The Morgan fingerprint density at radius 3 is 2.19 bits per heavy atom. The van der Waals surface area contributed by atoms with Crippen molar-refractivity contribution in [2.75, 3.05) is 6.54 Å². The minimum atomic E-state index is 0.251. The van der Waals surface area contributed by atoms with E-state index in [9.17, 15) is 0 Å². The highest BCUT2D eigenvalue weighted by atomic mass is 14.8. The van der Waals surface area contributed by atoms with E-state index >= 15 is 0 Å². The van der Waals surface area contributed by atoms with Gasteiger partial charge in [-0.3, -0.25) is 4.99 Å². The van der Waals surface area contributed by atoms with Crippen molar-refractivity contribution in [3.8, 4) is 0 Å². The summed E-state index contributed by atoms with van der Waals surface area (Å²) in [4.78, 5) is 4.94. The molecule has 1 aliphatic rings. The van der Waals surface area contributed by atoms with Crippen molar-refractivity contribution in [2.24, 2.45) is 4.99 Å². The fourth-order valence-corrected chi connectivity index (χ4v) is 3.30. The molecule has 2 aromatic rings. The Bertz CT molecular complexity index is 600. The lowest BCUT2D eigenvalue weighted by atomic mass is 9.72. The van der Waals surface area contributed by atoms with Crippen LogP contribution in [-0.4, -0.2) is 12.3 Å². The van der Waals surface area contributed by atoms with Crippen molar-refractivity contribution < 1.29 is 0 Å². The van der Waals surface area contributed by atoms with Crippen LogP contribution in [0.4, 0.5) is 0 Å². The second-order valence-corrected chi connectivity index (χ2v) is 6.04. The highest BCUT2D eigenvalue weighted by Crippen LogP contribution is 2.36. The summed E-state index contributed by atoms with van der Waals surface area (Å²) in [7, 11) is 0. The molecule has 0 aromatic heterocycles. The average Bonchev–Trinajstić information content (AvgIpc) is 2.58. The third-order valence-electron chi connectivity index (χ3n) is 4.81. The van der Waals surface area contributed by atoms with Crippen molar-refractivity contribution in [3.05, 3.63) is 71.8 Å². The van der Waals surface area contributed by atoms with Crippen LogP contribution in [0.25, 0.3) is 0 Å². The molecule has 1 heteroatoms. The SMILES string of the molecule is CCC1(c2ccccc2)CCC(Cc2ccccc2)=NC1. The van der Waals surface area contributed by atoms with Gasteiger partial charge in [0.25, 0.3) is 0 Å². The Morgan fingerprint density at radius 1 is 0.952 bits per heavy atom. The van der Waals surface area contributed by atoms with Crippen LogP contribution < -0.4 is 0 Å². The normalized spacial score (nSPS) is 21.9. The first-order valence-electron chi connectivity index (χ1n) is 7.94. The van der Waals surface area contributed by atoms with Crippen LogP contribution in [0.3, 0.4) is 0 Å². The van der Waals surface area contributed by atoms with Crippen LogP contribution in [0.1, 0.15) is 37.3 Å². The first-order valence-corrected chi connectivity index (χ1v) is 7.94. The van der Waals surface area contributed by atoms with Crippen molar-refractivity contribution >= 4 is 5.71 Å². The maximum Gasteiger partial charge on any atom is 0.0485 e. The van der Waals surface area contributed by atoms with Crippen LogP contribution in [0.15, 0.2) is 65.7 Å². The number of aliphatic imine (C=N–C) groups is 1. The highest BCUT2D eigenvalue weighted by molar-refractivity contribution is 5.87. The van der Waals surface area contributed by atoms with Crippen LogP contribution in [-0.2, 0) is 11.8 Å². The molecule has 0 radical (unpaired) electrons. The predicted molar refractivity (Wildman–Crippen MR) is 90.1 cm³/mol. The van der Waals surface area contributed by atoms with E-state index in [4.69, 9.17) is 4.99 Å². The molecule has 0 N–H and O–H groups in total. The fraction of sp³-hybridized carbons (Fsp3) is 0.350. The average molecular weight is 277 g/mol. The van der Waals surface area contributed by atoms with Gasteiger partial charge in [0.1, 0.15) is 0 Å². The lowest BCUT2D eigenvalue weighted by Gasteiger charge is -2.35. The molecule has 1 aliphatic heterocycles. The molecule has 0 spiro atoms. The van der Waals surface area contributed by atoms with E-state index in [0.717, 1.165) is 19.4 Å². The van der Waals surface area contributed by atoms with Gasteiger partial charge in [-0.1, -0.05) is 67.6 Å². The predicted octanol–water partition coefficient (Wildman–Crippen LogP) is 4.81. The summed E-state index contributed by atoms with van der Waals surface area (Å²) in [6.07, 6.45) is 4.52. The van der Waals surface area contributed by atoms with Gasteiger partial charge in [-0.15, -0.1) is 0 Å². The molecule has 1 heterocycles. The summed E-state index contributed by atoms with van der Waals surface area (Å²) in [5.41, 5.74) is 4.44. The van der Waals surface area contributed by atoms with E-state index in [1.54, 1.807) is 0 Å².